The van der Waals surface area contributed by atoms with E-state index in [4.69, 9.17) is 0 Å². The summed E-state index contributed by atoms with van der Waals surface area (Å²) in [6.45, 7) is 3.86. The minimum atomic E-state index is -0.530. The number of aryl methyl sites for hydroxylation is 2. The molecule has 2 aliphatic heterocycles. The monoisotopic (exact) mass is 376 g/mol. The molecule has 25 heavy (non-hydrogen) atoms. The molecule has 0 bridgehead atoms. The van der Waals surface area contributed by atoms with E-state index in [1.165, 1.54) is 23.5 Å². The van der Waals surface area contributed by atoms with Crippen molar-refractivity contribution in [2.45, 2.75) is 25.5 Å². The van der Waals surface area contributed by atoms with Gasteiger partial charge < -0.3 is 10.6 Å². The second kappa shape index (κ2) is 7.40. The van der Waals surface area contributed by atoms with Gasteiger partial charge in [0.1, 0.15) is 0 Å². The van der Waals surface area contributed by atoms with Gasteiger partial charge in [-0.05, 0) is 19.4 Å². The third-order valence-electron chi connectivity index (χ3n) is 3.65. The van der Waals surface area contributed by atoms with Gasteiger partial charge in [0.15, 0.2) is 16.1 Å². The minimum absolute atomic E-state index is 0.0728. The summed E-state index contributed by atoms with van der Waals surface area (Å²) in [6, 6.07) is 5.63. The molecule has 3 rings (SSSR count). The smallest absolute Gasteiger partial charge is 0.240 e. The van der Waals surface area contributed by atoms with E-state index in [1.54, 1.807) is 6.07 Å². The number of thioether (sulfide) groups is 2. The third kappa shape index (κ3) is 4.29. The number of hydrogen-bond acceptors (Lipinski definition) is 7. The molecule has 2 amide bonds. The molecular weight excluding hydrogens is 360 g/mol. The Morgan fingerprint density at radius 1 is 1.20 bits per heavy atom. The van der Waals surface area contributed by atoms with Crippen molar-refractivity contribution in [3.8, 4) is 0 Å². The summed E-state index contributed by atoms with van der Waals surface area (Å²) < 4.78 is 0. The molecule has 2 fully saturated rings. The fourth-order valence-electron chi connectivity index (χ4n) is 2.46. The number of benzene rings is 1. The van der Waals surface area contributed by atoms with Gasteiger partial charge >= 0.3 is 0 Å². The van der Waals surface area contributed by atoms with E-state index in [2.05, 4.69) is 20.8 Å². The molecule has 1 aromatic rings. The number of amidine groups is 2. The summed E-state index contributed by atoms with van der Waals surface area (Å²) in [5.74, 6) is -0.138. The maximum absolute atomic E-state index is 12.5. The Morgan fingerprint density at radius 2 is 1.96 bits per heavy atom. The molecule has 0 aromatic heterocycles. The van der Waals surface area contributed by atoms with Crippen LogP contribution in [-0.4, -0.2) is 38.9 Å². The van der Waals surface area contributed by atoms with Crippen LogP contribution in [0.25, 0.3) is 0 Å². The molecule has 0 aliphatic carbocycles. The van der Waals surface area contributed by atoms with Crippen molar-refractivity contribution < 1.29 is 14.4 Å². The van der Waals surface area contributed by atoms with E-state index in [1.807, 2.05) is 26.0 Å². The number of hydrogen-bond donors (Lipinski definition) is 2. The van der Waals surface area contributed by atoms with Crippen LogP contribution in [0.4, 0.5) is 0 Å². The number of amides is 2. The summed E-state index contributed by atoms with van der Waals surface area (Å²) >= 11 is 2.43. The van der Waals surface area contributed by atoms with Gasteiger partial charge in [-0.3, -0.25) is 14.4 Å². The van der Waals surface area contributed by atoms with Crippen LogP contribution in [0, 0.1) is 13.8 Å². The molecule has 9 heteroatoms. The number of rotatable bonds is 4. The highest BCUT2D eigenvalue weighted by molar-refractivity contribution is 8.15. The summed E-state index contributed by atoms with van der Waals surface area (Å²) in [6.07, 6.45) is 0.0987. The molecular formula is C16H16N4O3S2. The molecule has 0 spiro atoms. The van der Waals surface area contributed by atoms with E-state index < -0.39 is 5.25 Å². The standard InChI is InChI=1S/C16H16N4O3S2/c1-8-3-4-10(9(2)5-8)11(21)6-12-14(23)18-16(25-12)20-19-15-17-13(22)7-24-15/h3-5,12H,6-7H2,1-2H3,(H,17,19,22)(H,18,20,23)/t12-/m1/s1. The third-order valence-corrected chi connectivity index (χ3v) is 5.58. The summed E-state index contributed by atoms with van der Waals surface area (Å²) in [5.41, 5.74) is 2.63. The SMILES string of the molecule is Cc1ccc(C(=O)C[C@H]2S/C(=N\N=C3\NC(=O)CS3)NC2=O)c(C)c1. The topological polar surface area (TPSA) is 100.0 Å². The highest BCUT2D eigenvalue weighted by Gasteiger charge is 2.32. The first-order valence-corrected chi connectivity index (χ1v) is 9.45. The van der Waals surface area contributed by atoms with Crippen molar-refractivity contribution in [2.75, 3.05) is 5.75 Å². The molecule has 1 atom stereocenters. The van der Waals surface area contributed by atoms with E-state index in [0.29, 0.717) is 21.7 Å². The fourth-order valence-corrected chi connectivity index (χ4v) is 4.00. The molecule has 2 saturated heterocycles. The van der Waals surface area contributed by atoms with Crippen molar-refractivity contribution in [2.24, 2.45) is 10.2 Å². The maximum Gasteiger partial charge on any atom is 0.240 e. The highest BCUT2D eigenvalue weighted by Crippen LogP contribution is 2.25. The lowest BCUT2D eigenvalue weighted by Crippen LogP contribution is -2.26. The van der Waals surface area contributed by atoms with Crippen LogP contribution in [0.3, 0.4) is 0 Å². The summed E-state index contributed by atoms with van der Waals surface area (Å²) in [7, 11) is 0. The number of ketones is 1. The molecule has 7 nitrogen and oxygen atoms in total. The Kier molecular flexibility index (Phi) is 5.24. The Hall–Kier alpha value is -2.13. The first kappa shape index (κ1) is 17.7. The van der Waals surface area contributed by atoms with Crippen molar-refractivity contribution >= 4 is 51.5 Å². The Balaban J connectivity index is 1.65. The molecule has 0 unspecified atom stereocenters. The van der Waals surface area contributed by atoms with E-state index >= 15 is 0 Å². The van der Waals surface area contributed by atoms with Crippen LogP contribution >= 0.6 is 23.5 Å². The van der Waals surface area contributed by atoms with E-state index in [-0.39, 0.29) is 24.0 Å². The number of Topliss-reactive ketones (excluding diaryl/α,β-unsaturated/α-hetero) is 1. The van der Waals surface area contributed by atoms with Gasteiger partial charge in [0, 0.05) is 12.0 Å². The zero-order chi connectivity index (χ0) is 18.0. The van der Waals surface area contributed by atoms with Crippen LogP contribution in [0.2, 0.25) is 0 Å². The fraction of sp³-hybridized carbons (Fsp3) is 0.312. The Bertz CT molecular complexity index is 820. The van der Waals surface area contributed by atoms with Crippen molar-refractivity contribution in [3.05, 3.63) is 34.9 Å². The summed E-state index contributed by atoms with van der Waals surface area (Å²) in [4.78, 5) is 35.6. The molecule has 130 valence electrons. The molecule has 0 saturated carbocycles. The zero-order valence-electron chi connectivity index (χ0n) is 13.7. The zero-order valence-corrected chi connectivity index (χ0v) is 15.3. The minimum Gasteiger partial charge on any atom is -0.303 e. The number of carbonyl (C=O) groups excluding carboxylic acids is 3. The van der Waals surface area contributed by atoms with Crippen molar-refractivity contribution in [1.82, 2.24) is 10.6 Å². The molecule has 1 aromatic carbocycles. The second-order valence-electron chi connectivity index (χ2n) is 5.69. The predicted molar refractivity (Wildman–Crippen MR) is 99.9 cm³/mol. The van der Waals surface area contributed by atoms with Crippen LogP contribution < -0.4 is 10.6 Å². The number of nitrogens with one attached hydrogen (secondary N) is 2. The number of nitrogens with zero attached hydrogens (tertiary/aromatic N) is 2. The van der Waals surface area contributed by atoms with Crippen LogP contribution in [0.15, 0.2) is 28.4 Å². The summed E-state index contributed by atoms with van der Waals surface area (Å²) in [5, 5.41) is 13.2. The molecule has 2 N–H and O–H groups in total. The molecule has 2 heterocycles. The van der Waals surface area contributed by atoms with Gasteiger partial charge in [0.25, 0.3) is 0 Å². The van der Waals surface area contributed by atoms with Crippen LogP contribution in [0.5, 0.6) is 0 Å². The van der Waals surface area contributed by atoms with Gasteiger partial charge in [0.05, 0.1) is 11.0 Å². The average Bonchev–Trinajstić information content (AvgIpc) is 3.11. The average molecular weight is 376 g/mol. The van der Waals surface area contributed by atoms with E-state index in [9.17, 15) is 14.4 Å². The van der Waals surface area contributed by atoms with Crippen molar-refractivity contribution in [3.63, 3.8) is 0 Å². The largest absolute Gasteiger partial charge is 0.303 e. The van der Waals surface area contributed by atoms with Gasteiger partial charge in [0.2, 0.25) is 11.8 Å². The molecule has 2 aliphatic rings. The first-order chi connectivity index (χ1) is 11.9. The van der Waals surface area contributed by atoms with Gasteiger partial charge in [-0.2, -0.15) is 0 Å². The number of carbonyl (C=O) groups is 3. The maximum atomic E-state index is 12.5. The van der Waals surface area contributed by atoms with Gasteiger partial charge in [-0.15, -0.1) is 10.2 Å². The normalized spacial score (nSPS) is 23.2. The lowest BCUT2D eigenvalue weighted by Gasteiger charge is -2.08. The first-order valence-electron chi connectivity index (χ1n) is 7.58. The van der Waals surface area contributed by atoms with Gasteiger partial charge in [-0.1, -0.05) is 47.3 Å². The van der Waals surface area contributed by atoms with Crippen LogP contribution in [-0.2, 0) is 9.59 Å². The quantitative estimate of drug-likeness (QED) is 0.614. The predicted octanol–water partition coefficient (Wildman–Crippen LogP) is 1.60. The van der Waals surface area contributed by atoms with Crippen molar-refractivity contribution in [1.29, 1.82) is 0 Å². The van der Waals surface area contributed by atoms with Gasteiger partial charge in [-0.25, -0.2) is 0 Å². The van der Waals surface area contributed by atoms with Crippen LogP contribution in [0.1, 0.15) is 27.9 Å². The molecule has 0 radical (unpaired) electrons. The lowest BCUT2D eigenvalue weighted by atomic mass is 9.99. The van der Waals surface area contributed by atoms with E-state index in [0.717, 1.165) is 11.1 Å². The highest BCUT2D eigenvalue weighted by atomic mass is 32.2. The lowest BCUT2D eigenvalue weighted by molar-refractivity contribution is -0.119. The Labute approximate surface area is 153 Å². The Morgan fingerprint density at radius 3 is 2.64 bits per heavy atom. The second-order valence-corrected chi connectivity index (χ2v) is 7.84.